The van der Waals surface area contributed by atoms with Crippen LogP contribution in [0.15, 0.2) is 28.3 Å². The summed E-state index contributed by atoms with van der Waals surface area (Å²) in [5.41, 5.74) is -0.266. The van der Waals surface area contributed by atoms with E-state index in [1.54, 1.807) is 6.08 Å². The van der Waals surface area contributed by atoms with Gasteiger partial charge >= 0.3 is 0 Å². The summed E-state index contributed by atoms with van der Waals surface area (Å²) in [5, 5.41) is 0. The predicted octanol–water partition coefficient (Wildman–Crippen LogP) is 2.49. The molecular formula is C14H14F2N2O3. The van der Waals surface area contributed by atoms with Crippen molar-refractivity contribution in [3.05, 3.63) is 35.5 Å². The number of rotatable bonds is 5. The summed E-state index contributed by atoms with van der Waals surface area (Å²) in [4.78, 5) is 7.63. The van der Waals surface area contributed by atoms with Crippen LogP contribution >= 0.6 is 0 Å². The summed E-state index contributed by atoms with van der Waals surface area (Å²) < 4.78 is 43.3. The highest BCUT2D eigenvalue weighted by molar-refractivity contribution is 5.77. The SMILES string of the molecule is COc1cc(OC)c(F)c(COC2C=CN=CN=C2)c1F. The predicted molar refractivity (Wildman–Crippen MR) is 74.2 cm³/mol. The second-order valence-electron chi connectivity index (χ2n) is 4.07. The third-order valence-electron chi connectivity index (χ3n) is 2.81. The van der Waals surface area contributed by atoms with Gasteiger partial charge in [-0.3, -0.25) is 0 Å². The third kappa shape index (κ3) is 3.43. The van der Waals surface area contributed by atoms with Crippen LogP contribution in [0.4, 0.5) is 8.78 Å². The van der Waals surface area contributed by atoms with Crippen molar-refractivity contribution in [2.45, 2.75) is 12.7 Å². The lowest BCUT2D eigenvalue weighted by molar-refractivity contribution is 0.110. The molecule has 21 heavy (non-hydrogen) atoms. The van der Waals surface area contributed by atoms with Gasteiger partial charge < -0.3 is 14.2 Å². The Morgan fingerprint density at radius 1 is 1.10 bits per heavy atom. The number of halogens is 2. The van der Waals surface area contributed by atoms with Gasteiger partial charge in [0, 0.05) is 18.5 Å². The van der Waals surface area contributed by atoms with Gasteiger partial charge in [0.25, 0.3) is 0 Å². The molecule has 0 bridgehead atoms. The first-order chi connectivity index (χ1) is 10.2. The molecule has 1 aromatic carbocycles. The van der Waals surface area contributed by atoms with Crippen molar-refractivity contribution in [2.75, 3.05) is 14.2 Å². The number of hydrogen-bond donors (Lipinski definition) is 0. The fourth-order valence-electron chi connectivity index (χ4n) is 1.73. The van der Waals surface area contributed by atoms with Crippen molar-refractivity contribution in [3.63, 3.8) is 0 Å². The Kier molecular flexibility index (Phi) is 4.99. The molecule has 2 rings (SSSR count). The number of methoxy groups -OCH3 is 2. The maximum atomic E-state index is 14.1. The van der Waals surface area contributed by atoms with Gasteiger partial charge in [0.1, 0.15) is 12.4 Å². The lowest BCUT2D eigenvalue weighted by Crippen LogP contribution is -2.13. The molecular weight excluding hydrogens is 282 g/mol. The van der Waals surface area contributed by atoms with E-state index in [2.05, 4.69) is 9.98 Å². The Morgan fingerprint density at radius 3 is 2.38 bits per heavy atom. The second-order valence-corrected chi connectivity index (χ2v) is 4.07. The van der Waals surface area contributed by atoms with Crippen molar-refractivity contribution >= 4 is 12.6 Å². The molecule has 7 heteroatoms. The molecule has 0 spiro atoms. The first kappa shape index (κ1) is 15.1. The number of ether oxygens (including phenoxy) is 3. The lowest BCUT2D eigenvalue weighted by Gasteiger charge is -2.14. The molecule has 1 aromatic rings. The molecule has 0 aromatic heterocycles. The van der Waals surface area contributed by atoms with Crippen LogP contribution in [0.3, 0.4) is 0 Å². The standard InChI is InChI=1S/C14H14F2N2O3/c1-19-11-5-12(20-2)14(16)10(13(11)15)7-21-9-3-4-17-8-18-6-9/h3-6,8-9H,7H2,1-2H3. The summed E-state index contributed by atoms with van der Waals surface area (Å²) in [6, 6.07) is 1.15. The van der Waals surface area contributed by atoms with Gasteiger partial charge in [-0.25, -0.2) is 18.8 Å². The number of benzene rings is 1. The summed E-state index contributed by atoms with van der Waals surface area (Å²) in [5.74, 6) is -1.86. The molecule has 0 aliphatic carbocycles. The highest BCUT2D eigenvalue weighted by Crippen LogP contribution is 2.31. The first-order valence-electron chi connectivity index (χ1n) is 6.09. The van der Waals surface area contributed by atoms with Crippen molar-refractivity contribution in [2.24, 2.45) is 9.98 Å². The minimum atomic E-state index is -0.818. The number of hydrogen-bond acceptors (Lipinski definition) is 5. The first-order valence-corrected chi connectivity index (χ1v) is 6.09. The fraction of sp³-hybridized carbons (Fsp3) is 0.286. The van der Waals surface area contributed by atoms with E-state index in [9.17, 15) is 8.78 Å². The monoisotopic (exact) mass is 296 g/mol. The van der Waals surface area contributed by atoms with Crippen LogP contribution in [0, 0.1) is 11.6 Å². The van der Waals surface area contributed by atoms with Crippen LogP contribution in [0.1, 0.15) is 5.56 Å². The van der Waals surface area contributed by atoms with Crippen LogP contribution < -0.4 is 9.47 Å². The van der Waals surface area contributed by atoms with Crippen LogP contribution in [-0.2, 0) is 11.3 Å². The molecule has 1 aliphatic rings. The van der Waals surface area contributed by atoms with Gasteiger partial charge in [-0.15, -0.1) is 0 Å². The van der Waals surface area contributed by atoms with E-state index in [1.165, 1.54) is 33.0 Å². The van der Waals surface area contributed by atoms with E-state index in [4.69, 9.17) is 14.2 Å². The lowest BCUT2D eigenvalue weighted by atomic mass is 10.1. The van der Waals surface area contributed by atoms with Gasteiger partial charge in [-0.2, -0.15) is 0 Å². The average Bonchev–Trinajstić information content (AvgIpc) is 2.76. The van der Waals surface area contributed by atoms with Crippen molar-refractivity contribution in [1.29, 1.82) is 0 Å². The highest BCUT2D eigenvalue weighted by Gasteiger charge is 2.20. The molecule has 1 unspecified atom stereocenters. The highest BCUT2D eigenvalue weighted by atomic mass is 19.1. The van der Waals surface area contributed by atoms with E-state index >= 15 is 0 Å². The van der Waals surface area contributed by atoms with Crippen LogP contribution in [0.5, 0.6) is 11.5 Å². The molecule has 1 aliphatic heterocycles. The van der Waals surface area contributed by atoms with E-state index in [1.807, 2.05) is 0 Å². The van der Waals surface area contributed by atoms with Crippen LogP contribution in [0.2, 0.25) is 0 Å². The van der Waals surface area contributed by atoms with E-state index in [0.717, 1.165) is 6.07 Å². The zero-order valence-electron chi connectivity index (χ0n) is 11.5. The van der Waals surface area contributed by atoms with Gasteiger partial charge in [0.2, 0.25) is 0 Å². The summed E-state index contributed by atoms with van der Waals surface area (Å²) in [7, 11) is 2.58. The van der Waals surface area contributed by atoms with Gasteiger partial charge in [-0.1, -0.05) is 0 Å². The average molecular weight is 296 g/mol. The van der Waals surface area contributed by atoms with Crippen molar-refractivity contribution in [1.82, 2.24) is 0 Å². The third-order valence-corrected chi connectivity index (χ3v) is 2.81. The van der Waals surface area contributed by atoms with Gasteiger partial charge in [0.15, 0.2) is 23.1 Å². The minimum Gasteiger partial charge on any atom is -0.494 e. The quantitative estimate of drug-likeness (QED) is 0.839. The molecule has 112 valence electrons. The zero-order valence-corrected chi connectivity index (χ0v) is 11.5. The molecule has 0 saturated heterocycles. The van der Waals surface area contributed by atoms with Crippen molar-refractivity contribution in [3.8, 4) is 11.5 Å². The van der Waals surface area contributed by atoms with Crippen molar-refractivity contribution < 1.29 is 23.0 Å². The van der Waals surface area contributed by atoms with Crippen LogP contribution in [-0.4, -0.2) is 32.9 Å². The Hall–Kier alpha value is -2.28. The van der Waals surface area contributed by atoms with E-state index in [-0.39, 0.29) is 23.7 Å². The normalized spacial score (nSPS) is 16.9. The summed E-state index contributed by atoms with van der Waals surface area (Å²) in [6.07, 6.45) is 5.40. The van der Waals surface area contributed by atoms with Crippen LogP contribution in [0.25, 0.3) is 0 Å². The molecule has 1 heterocycles. The van der Waals surface area contributed by atoms with E-state index in [0.29, 0.717) is 0 Å². The molecule has 0 radical (unpaired) electrons. The maximum Gasteiger partial charge on any atom is 0.173 e. The van der Waals surface area contributed by atoms with Gasteiger partial charge in [0.05, 0.1) is 26.4 Å². The second kappa shape index (κ2) is 6.94. The Morgan fingerprint density at radius 2 is 1.76 bits per heavy atom. The Balaban J connectivity index is 2.22. The Bertz CT molecular complexity index is 556. The largest absolute Gasteiger partial charge is 0.494 e. The molecule has 0 amide bonds. The fourth-order valence-corrected chi connectivity index (χ4v) is 1.73. The topological polar surface area (TPSA) is 52.4 Å². The maximum absolute atomic E-state index is 14.1. The molecule has 5 nitrogen and oxygen atoms in total. The number of nitrogens with zero attached hydrogens (tertiary/aromatic N) is 2. The smallest absolute Gasteiger partial charge is 0.173 e. The molecule has 1 atom stereocenters. The molecule has 0 saturated carbocycles. The zero-order chi connectivity index (χ0) is 15.2. The van der Waals surface area contributed by atoms with Gasteiger partial charge in [-0.05, 0) is 6.08 Å². The Labute approximate surface area is 120 Å². The number of aliphatic imine (C=N–C) groups is 2. The minimum absolute atomic E-state index is 0.111. The molecule has 0 N–H and O–H groups in total. The summed E-state index contributed by atoms with van der Waals surface area (Å²) >= 11 is 0. The molecule has 0 fully saturated rings. The summed E-state index contributed by atoms with van der Waals surface area (Å²) in [6.45, 7) is -0.299. The van der Waals surface area contributed by atoms with E-state index < -0.39 is 17.7 Å².